The Hall–Kier alpha value is -0.680. The van der Waals surface area contributed by atoms with Crippen LogP contribution in [0.2, 0.25) is 0 Å². The van der Waals surface area contributed by atoms with Gasteiger partial charge in [0.25, 0.3) is 0 Å². The van der Waals surface area contributed by atoms with Gasteiger partial charge < -0.3 is 10.2 Å². The zero-order valence-corrected chi connectivity index (χ0v) is 15.0. The molecule has 1 saturated carbocycles. The Morgan fingerprint density at radius 3 is 2.43 bits per heavy atom. The summed E-state index contributed by atoms with van der Waals surface area (Å²) in [4.78, 5) is 12.0. The fraction of sp³-hybridized carbons (Fsp3) is 0.750. The first-order valence-corrected chi connectivity index (χ1v) is 8.95. The fourth-order valence-electron chi connectivity index (χ4n) is 3.06. The summed E-state index contributed by atoms with van der Waals surface area (Å²) in [6.07, 6.45) is 6.08. The average molecular weight is 355 g/mol. The normalized spacial score (nSPS) is 15.9. The van der Waals surface area contributed by atoms with Gasteiger partial charge in [-0.3, -0.25) is 0 Å². The predicted octanol–water partition coefficient (Wildman–Crippen LogP) is 3.82. The third kappa shape index (κ3) is 4.16. The van der Waals surface area contributed by atoms with Crippen molar-refractivity contribution in [1.29, 1.82) is 0 Å². The van der Waals surface area contributed by atoms with E-state index in [4.69, 9.17) is 4.98 Å². The molecule has 1 heterocycles. The van der Waals surface area contributed by atoms with E-state index in [1.807, 2.05) is 7.05 Å². The first-order valence-electron chi connectivity index (χ1n) is 8.16. The molecule has 0 saturated heterocycles. The van der Waals surface area contributed by atoms with E-state index in [0.29, 0.717) is 5.92 Å². The lowest BCUT2D eigenvalue weighted by Crippen LogP contribution is -2.26. The van der Waals surface area contributed by atoms with Gasteiger partial charge in [-0.15, -0.1) is 0 Å². The number of halogens is 1. The van der Waals surface area contributed by atoms with Crippen molar-refractivity contribution in [3.05, 3.63) is 16.0 Å². The number of anilines is 1. The second-order valence-electron chi connectivity index (χ2n) is 5.70. The molecule has 0 unspecified atom stereocenters. The highest BCUT2D eigenvalue weighted by Crippen LogP contribution is 2.38. The zero-order valence-electron chi connectivity index (χ0n) is 13.5. The number of rotatable bonds is 7. The molecule has 4 nitrogen and oxygen atoms in total. The molecule has 1 aliphatic rings. The maximum Gasteiger partial charge on any atom is 0.144 e. The van der Waals surface area contributed by atoms with Crippen LogP contribution in [0.1, 0.15) is 57.0 Å². The van der Waals surface area contributed by atoms with E-state index in [9.17, 15) is 0 Å². The Morgan fingerprint density at radius 2 is 1.86 bits per heavy atom. The SMILES string of the molecule is CCN(CC)CCc1nc(NC)c(Br)c(C2CCCC2)n1. The van der Waals surface area contributed by atoms with Gasteiger partial charge in [0.15, 0.2) is 0 Å². The van der Waals surface area contributed by atoms with Crippen LogP contribution in [-0.4, -0.2) is 41.5 Å². The Kier molecular flexibility index (Phi) is 6.42. The molecule has 0 spiro atoms. The van der Waals surface area contributed by atoms with Crippen molar-refractivity contribution in [3.63, 3.8) is 0 Å². The number of hydrogen-bond acceptors (Lipinski definition) is 4. The summed E-state index contributed by atoms with van der Waals surface area (Å²) in [6, 6.07) is 0. The summed E-state index contributed by atoms with van der Waals surface area (Å²) in [6.45, 7) is 7.61. The van der Waals surface area contributed by atoms with Crippen LogP contribution in [-0.2, 0) is 6.42 Å². The molecule has 1 aromatic heterocycles. The van der Waals surface area contributed by atoms with E-state index in [0.717, 1.165) is 42.2 Å². The molecule has 1 N–H and O–H groups in total. The molecule has 5 heteroatoms. The molecule has 0 amide bonds. The molecule has 2 rings (SSSR count). The molecule has 0 radical (unpaired) electrons. The van der Waals surface area contributed by atoms with Gasteiger partial charge in [-0.05, 0) is 41.9 Å². The van der Waals surface area contributed by atoms with Crippen LogP contribution in [0.3, 0.4) is 0 Å². The Balaban J connectivity index is 2.19. The van der Waals surface area contributed by atoms with Crippen molar-refractivity contribution in [1.82, 2.24) is 14.9 Å². The standard InChI is InChI=1S/C16H27BrN4/c1-4-21(5-2)11-10-13-19-15(12-8-6-7-9-12)14(17)16(18-3)20-13/h12H,4-11H2,1-3H3,(H,18,19,20). The van der Waals surface area contributed by atoms with Crippen molar-refractivity contribution >= 4 is 21.7 Å². The zero-order chi connectivity index (χ0) is 15.2. The minimum atomic E-state index is 0.599. The minimum Gasteiger partial charge on any atom is -0.372 e. The number of nitrogens with one attached hydrogen (secondary N) is 1. The van der Waals surface area contributed by atoms with E-state index in [1.54, 1.807) is 0 Å². The van der Waals surface area contributed by atoms with E-state index in [1.165, 1.54) is 31.4 Å². The van der Waals surface area contributed by atoms with Gasteiger partial charge in [-0.1, -0.05) is 26.7 Å². The fourth-order valence-corrected chi connectivity index (χ4v) is 3.76. The molecule has 0 aromatic carbocycles. The Labute approximate surface area is 136 Å². The lowest BCUT2D eigenvalue weighted by atomic mass is 10.0. The number of nitrogens with zero attached hydrogens (tertiary/aromatic N) is 3. The Morgan fingerprint density at radius 1 is 1.19 bits per heavy atom. The largest absolute Gasteiger partial charge is 0.372 e. The topological polar surface area (TPSA) is 41.1 Å². The van der Waals surface area contributed by atoms with E-state index < -0.39 is 0 Å². The predicted molar refractivity (Wildman–Crippen MR) is 92.0 cm³/mol. The lowest BCUT2D eigenvalue weighted by molar-refractivity contribution is 0.305. The maximum absolute atomic E-state index is 4.88. The smallest absolute Gasteiger partial charge is 0.144 e. The van der Waals surface area contributed by atoms with Gasteiger partial charge in [0.2, 0.25) is 0 Å². The van der Waals surface area contributed by atoms with Crippen molar-refractivity contribution in [2.45, 2.75) is 51.9 Å². The van der Waals surface area contributed by atoms with Crippen LogP contribution in [0.25, 0.3) is 0 Å². The highest BCUT2D eigenvalue weighted by atomic mass is 79.9. The van der Waals surface area contributed by atoms with Crippen molar-refractivity contribution in [3.8, 4) is 0 Å². The van der Waals surface area contributed by atoms with Gasteiger partial charge in [-0.2, -0.15) is 0 Å². The highest BCUT2D eigenvalue weighted by Gasteiger charge is 2.23. The molecule has 1 aromatic rings. The summed E-state index contributed by atoms with van der Waals surface area (Å²) in [7, 11) is 1.93. The van der Waals surface area contributed by atoms with Crippen molar-refractivity contribution in [2.24, 2.45) is 0 Å². The monoisotopic (exact) mass is 354 g/mol. The number of likely N-dealkylation sites (N-methyl/N-ethyl adjacent to an activating group) is 1. The van der Waals surface area contributed by atoms with Crippen molar-refractivity contribution < 1.29 is 0 Å². The van der Waals surface area contributed by atoms with Crippen molar-refractivity contribution in [2.75, 3.05) is 32.0 Å². The summed E-state index contributed by atoms with van der Waals surface area (Å²) in [5.74, 6) is 2.50. The van der Waals surface area contributed by atoms with Gasteiger partial charge in [-0.25, -0.2) is 9.97 Å². The molecule has 0 bridgehead atoms. The summed E-state index contributed by atoms with van der Waals surface area (Å²) in [5.41, 5.74) is 1.21. The second kappa shape index (κ2) is 8.08. The van der Waals surface area contributed by atoms with Gasteiger partial charge in [0, 0.05) is 25.9 Å². The van der Waals surface area contributed by atoms with Crippen LogP contribution in [0.5, 0.6) is 0 Å². The highest BCUT2D eigenvalue weighted by molar-refractivity contribution is 9.10. The second-order valence-corrected chi connectivity index (χ2v) is 6.49. The van der Waals surface area contributed by atoms with Gasteiger partial charge in [0.1, 0.15) is 11.6 Å². The molecular formula is C16H27BrN4. The molecule has 0 atom stereocenters. The summed E-state index contributed by atoms with van der Waals surface area (Å²) in [5, 5.41) is 3.20. The van der Waals surface area contributed by atoms with Crippen LogP contribution < -0.4 is 5.32 Å². The molecule has 118 valence electrons. The van der Waals surface area contributed by atoms with Gasteiger partial charge in [0.05, 0.1) is 10.2 Å². The maximum atomic E-state index is 4.88. The molecular weight excluding hydrogens is 328 g/mol. The van der Waals surface area contributed by atoms with Crippen LogP contribution in [0.4, 0.5) is 5.82 Å². The van der Waals surface area contributed by atoms with Crippen LogP contribution in [0.15, 0.2) is 4.47 Å². The number of hydrogen-bond donors (Lipinski definition) is 1. The summed E-state index contributed by atoms with van der Waals surface area (Å²) >= 11 is 3.70. The third-order valence-corrected chi connectivity index (χ3v) is 5.23. The molecule has 1 fully saturated rings. The Bertz CT molecular complexity index is 454. The molecule has 21 heavy (non-hydrogen) atoms. The van der Waals surface area contributed by atoms with E-state index in [-0.39, 0.29) is 0 Å². The molecule has 1 aliphatic carbocycles. The average Bonchev–Trinajstić information content (AvgIpc) is 3.03. The molecule has 0 aliphatic heterocycles. The van der Waals surface area contributed by atoms with E-state index >= 15 is 0 Å². The van der Waals surface area contributed by atoms with Crippen LogP contribution >= 0.6 is 15.9 Å². The summed E-state index contributed by atoms with van der Waals surface area (Å²) < 4.78 is 1.06. The first kappa shape index (κ1) is 16.7. The van der Waals surface area contributed by atoms with Gasteiger partial charge >= 0.3 is 0 Å². The lowest BCUT2D eigenvalue weighted by Gasteiger charge is -2.19. The van der Waals surface area contributed by atoms with E-state index in [2.05, 4.69) is 45.0 Å². The minimum absolute atomic E-state index is 0.599. The number of aromatic nitrogens is 2. The van der Waals surface area contributed by atoms with Crippen LogP contribution in [0, 0.1) is 0 Å². The first-order chi connectivity index (χ1) is 10.2. The quantitative estimate of drug-likeness (QED) is 0.807. The third-order valence-electron chi connectivity index (χ3n) is 4.45.